The highest BCUT2D eigenvalue weighted by Gasteiger charge is 2.34. The van der Waals surface area contributed by atoms with Crippen molar-refractivity contribution in [1.82, 2.24) is 10.2 Å². The van der Waals surface area contributed by atoms with Crippen molar-refractivity contribution in [3.05, 3.63) is 34.6 Å². The maximum atomic E-state index is 13.5. The molecule has 2 saturated heterocycles. The van der Waals surface area contributed by atoms with Gasteiger partial charge in [-0.3, -0.25) is 4.90 Å². The molecule has 0 aromatic heterocycles. The van der Waals surface area contributed by atoms with Crippen molar-refractivity contribution in [2.45, 2.75) is 19.4 Å². The summed E-state index contributed by atoms with van der Waals surface area (Å²) < 4.78 is 13.5. The standard InChI is InChI=1S/C17H24ClFN2O.ClH/c18-16-2-1-12(7-17(16)19)10-21-5-3-13(4-6-21)15-9-20-8-14(15)11-22;/h1-2,7,13-15,20,22H,3-6,8-11H2;1H/t14-,15-;/m0./s1. The summed E-state index contributed by atoms with van der Waals surface area (Å²) in [6, 6.07) is 5.08. The highest BCUT2D eigenvalue weighted by Crippen LogP contribution is 2.32. The summed E-state index contributed by atoms with van der Waals surface area (Å²) in [5.74, 6) is 1.39. The Morgan fingerprint density at radius 2 is 2.00 bits per heavy atom. The molecule has 2 atom stereocenters. The predicted molar refractivity (Wildman–Crippen MR) is 93.6 cm³/mol. The van der Waals surface area contributed by atoms with Crippen molar-refractivity contribution in [2.24, 2.45) is 17.8 Å². The van der Waals surface area contributed by atoms with Crippen LogP contribution in [0.2, 0.25) is 5.02 Å². The van der Waals surface area contributed by atoms with Crippen LogP contribution in [0.3, 0.4) is 0 Å². The summed E-state index contributed by atoms with van der Waals surface area (Å²) in [5.41, 5.74) is 0.983. The Bertz CT molecular complexity index is 509. The molecule has 1 aromatic carbocycles. The highest BCUT2D eigenvalue weighted by molar-refractivity contribution is 6.30. The Morgan fingerprint density at radius 1 is 1.26 bits per heavy atom. The highest BCUT2D eigenvalue weighted by atomic mass is 35.5. The average Bonchev–Trinajstić information content (AvgIpc) is 3.00. The van der Waals surface area contributed by atoms with E-state index >= 15 is 0 Å². The molecule has 2 heterocycles. The Balaban J connectivity index is 0.00000192. The van der Waals surface area contributed by atoms with E-state index in [2.05, 4.69) is 10.2 Å². The van der Waals surface area contributed by atoms with Gasteiger partial charge >= 0.3 is 0 Å². The van der Waals surface area contributed by atoms with Crippen molar-refractivity contribution >= 4 is 24.0 Å². The Kier molecular flexibility index (Phi) is 7.11. The largest absolute Gasteiger partial charge is 0.396 e. The van der Waals surface area contributed by atoms with E-state index in [9.17, 15) is 9.50 Å². The monoisotopic (exact) mass is 362 g/mol. The van der Waals surface area contributed by atoms with Crippen LogP contribution < -0.4 is 5.32 Å². The molecule has 0 bridgehead atoms. The molecule has 2 fully saturated rings. The van der Waals surface area contributed by atoms with Crippen molar-refractivity contribution in [1.29, 1.82) is 0 Å². The second-order valence-electron chi connectivity index (χ2n) is 6.63. The summed E-state index contributed by atoms with van der Waals surface area (Å²) in [7, 11) is 0. The van der Waals surface area contributed by atoms with Crippen LogP contribution >= 0.6 is 24.0 Å². The number of aliphatic hydroxyl groups is 1. The Labute approximate surface area is 148 Å². The quantitative estimate of drug-likeness (QED) is 0.864. The minimum atomic E-state index is -0.336. The molecule has 0 saturated carbocycles. The fourth-order valence-electron chi connectivity index (χ4n) is 3.94. The number of nitrogens with one attached hydrogen (secondary N) is 1. The van der Waals surface area contributed by atoms with Gasteiger partial charge in [0.15, 0.2) is 0 Å². The first kappa shape index (κ1) is 18.9. The van der Waals surface area contributed by atoms with Gasteiger partial charge in [-0.15, -0.1) is 12.4 Å². The van der Waals surface area contributed by atoms with Gasteiger partial charge in [-0.05, 0) is 67.9 Å². The molecule has 3 rings (SSSR count). The van der Waals surface area contributed by atoms with E-state index < -0.39 is 0 Å². The van der Waals surface area contributed by atoms with E-state index in [-0.39, 0.29) is 23.2 Å². The van der Waals surface area contributed by atoms with Gasteiger partial charge in [0.05, 0.1) is 5.02 Å². The van der Waals surface area contributed by atoms with E-state index in [1.165, 1.54) is 18.9 Å². The molecule has 23 heavy (non-hydrogen) atoms. The number of halogens is 3. The number of rotatable bonds is 4. The average molecular weight is 363 g/mol. The summed E-state index contributed by atoms with van der Waals surface area (Å²) >= 11 is 5.73. The number of hydrogen-bond donors (Lipinski definition) is 2. The lowest BCUT2D eigenvalue weighted by atomic mass is 9.79. The number of likely N-dealkylation sites (tertiary alicyclic amines) is 1. The van der Waals surface area contributed by atoms with E-state index in [1.54, 1.807) is 6.07 Å². The first-order chi connectivity index (χ1) is 10.7. The number of hydrogen-bond acceptors (Lipinski definition) is 3. The molecule has 6 heteroatoms. The fraction of sp³-hybridized carbons (Fsp3) is 0.647. The molecule has 0 aliphatic carbocycles. The summed E-state index contributed by atoms with van der Waals surface area (Å²) in [6.45, 7) is 5.16. The molecule has 1 aromatic rings. The van der Waals surface area contributed by atoms with Crippen LogP contribution in [0.25, 0.3) is 0 Å². The second kappa shape index (κ2) is 8.63. The number of nitrogens with zero attached hydrogens (tertiary/aromatic N) is 1. The zero-order valence-electron chi connectivity index (χ0n) is 13.2. The molecule has 2 aliphatic rings. The maximum Gasteiger partial charge on any atom is 0.142 e. The van der Waals surface area contributed by atoms with Crippen LogP contribution in [0.5, 0.6) is 0 Å². The molecular formula is C17H25Cl2FN2O. The van der Waals surface area contributed by atoms with Gasteiger partial charge < -0.3 is 10.4 Å². The number of piperidine rings is 1. The first-order valence-corrected chi connectivity index (χ1v) is 8.53. The minimum absolute atomic E-state index is 0. The van der Waals surface area contributed by atoms with Crippen molar-refractivity contribution in [3.8, 4) is 0 Å². The summed E-state index contributed by atoms with van der Waals surface area (Å²) in [5, 5.41) is 13.1. The molecule has 3 nitrogen and oxygen atoms in total. The van der Waals surface area contributed by atoms with Gasteiger partial charge in [0, 0.05) is 19.7 Å². The fourth-order valence-corrected chi connectivity index (χ4v) is 4.06. The van der Waals surface area contributed by atoms with Crippen molar-refractivity contribution in [2.75, 3.05) is 32.8 Å². The zero-order chi connectivity index (χ0) is 15.5. The van der Waals surface area contributed by atoms with E-state index in [4.69, 9.17) is 11.6 Å². The second-order valence-corrected chi connectivity index (χ2v) is 7.03. The van der Waals surface area contributed by atoms with Gasteiger partial charge in [0.2, 0.25) is 0 Å². The molecule has 0 unspecified atom stereocenters. The Hall–Kier alpha value is -0.390. The maximum absolute atomic E-state index is 13.5. The number of aliphatic hydroxyl groups excluding tert-OH is 1. The summed E-state index contributed by atoms with van der Waals surface area (Å²) in [6.07, 6.45) is 2.33. The predicted octanol–water partition coefficient (Wildman–Crippen LogP) is 2.94. The lowest BCUT2D eigenvalue weighted by molar-refractivity contribution is 0.108. The van der Waals surface area contributed by atoms with Crippen LogP contribution in [0, 0.1) is 23.6 Å². The smallest absolute Gasteiger partial charge is 0.142 e. The lowest BCUT2D eigenvalue weighted by Gasteiger charge is -2.36. The SMILES string of the molecule is Cl.OC[C@@H]1CNC[C@H]1C1CCN(Cc2ccc(Cl)c(F)c2)CC1. The molecular weight excluding hydrogens is 338 g/mol. The third-order valence-corrected chi connectivity index (χ3v) is 5.56. The molecule has 130 valence electrons. The van der Waals surface area contributed by atoms with Crippen molar-refractivity contribution in [3.63, 3.8) is 0 Å². The van der Waals surface area contributed by atoms with Gasteiger partial charge in [0.25, 0.3) is 0 Å². The lowest BCUT2D eigenvalue weighted by Crippen LogP contribution is -2.38. The van der Waals surface area contributed by atoms with Crippen molar-refractivity contribution < 1.29 is 9.50 Å². The van der Waals surface area contributed by atoms with Gasteiger partial charge in [-0.1, -0.05) is 17.7 Å². The van der Waals surface area contributed by atoms with Crippen LogP contribution in [0.15, 0.2) is 18.2 Å². The molecule has 2 aliphatic heterocycles. The molecule has 0 amide bonds. The third kappa shape index (κ3) is 4.58. The van der Waals surface area contributed by atoms with Crippen LogP contribution in [-0.4, -0.2) is 42.8 Å². The number of benzene rings is 1. The van der Waals surface area contributed by atoms with Gasteiger partial charge in [-0.25, -0.2) is 4.39 Å². The van der Waals surface area contributed by atoms with E-state index in [1.807, 2.05) is 6.07 Å². The topological polar surface area (TPSA) is 35.5 Å². The van der Waals surface area contributed by atoms with Crippen LogP contribution in [0.4, 0.5) is 4.39 Å². The van der Waals surface area contributed by atoms with Gasteiger partial charge in [0.1, 0.15) is 5.82 Å². The van der Waals surface area contributed by atoms with Crippen LogP contribution in [-0.2, 0) is 6.54 Å². The molecule has 0 spiro atoms. The Morgan fingerprint density at radius 3 is 2.65 bits per heavy atom. The minimum Gasteiger partial charge on any atom is -0.396 e. The van der Waals surface area contributed by atoms with Crippen LogP contribution in [0.1, 0.15) is 18.4 Å². The van der Waals surface area contributed by atoms with E-state index in [0.29, 0.717) is 24.4 Å². The van der Waals surface area contributed by atoms with Gasteiger partial charge in [-0.2, -0.15) is 0 Å². The first-order valence-electron chi connectivity index (χ1n) is 8.15. The third-order valence-electron chi connectivity index (χ3n) is 5.25. The summed E-state index contributed by atoms with van der Waals surface area (Å²) in [4.78, 5) is 2.38. The molecule has 0 radical (unpaired) electrons. The molecule has 2 N–H and O–H groups in total. The normalized spacial score (nSPS) is 26.2. The zero-order valence-corrected chi connectivity index (χ0v) is 14.8. The van der Waals surface area contributed by atoms with E-state index in [0.717, 1.165) is 38.3 Å².